The monoisotopic (exact) mass is 274 g/mol. The Kier molecular flexibility index (Phi) is 4.40. The molecule has 1 aromatic carbocycles. The summed E-state index contributed by atoms with van der Waals surface area (Å²) >= 11 is 0. The van der Waals surface area contributed by atoms with Gasteiger partial charge in [0, 0.05) is 17.8 Å². The van der Waals surface area contributed by atoms with Gasteiger partial charge in [0.05, 0.1) is 0 Å². The highest BCUT2D eigenvalue weighted by molar-refractivity contribution is 5.91. The molecule has 0 bridgehead atoms. The smallest absolute Gasteiger partial charge is 0.328 e. The molecule has 2 amide bonds. The summed E-state index contributed by atoms with van der Waals surface area (Å²) in [5.41, 5.74) is 2.35. The lowest BCUT2D eigenvalue weighted by Gasteiger charge is -2.26. The van der Waals surface area contributed by atoms with E-state index in [1.165, 1.54) is 12.5 Å². The van der Waals surface area contributed by atoms with Gasteiger partial charge in [0.25, 0.3) is 0 Å². The summed E-state index contributed by atoms with van der Waals surface area (Å²) in [6.45, 7) is 1.89. The summed E-state index contributed by atoms with van der Waals surface area (Å²) in [4.78, 5) is 22.3. The molecule has 1 aliphatic carbocycles. The minimum absolute atomic E-state index is 0.211. The van der Waals surface area contributed by atoms with Crippen molar-refractivity contribution in [1.82, 2.24) is 5.32 Å². The van der Waals surface area contributed by atoms with Gasteiger partial charge in [-0.2, -0.15) is 0 Å². The van der Waals surface area contributed by atoms with E-state index in [9.17, 15) is 9.59 Å². The lowest BCUT2D eigenvalue weighted by Crippen LogP contribution is -2.41. The number of carbonyl (C=O) groups is 2. The van der Waals surface area contributed by atoms with E-state index in [1.54, 1.807) is 6.07 Å². The van der Waals surface area contributed by atoms with Crippen LogP contribution in [-0.4, -0.2) is 23.1 Å². The standard InChI is InChI=1S/C15H18N2O3/c1-10-5-6-11(7-8-14(18)19)9-13(10)17-15(20)16-12-3-2-4-12/h5-9,12H,2-4H2,1H3,(H,18,19)(H2,16,17,20)/b8-7+. The number of anilines is 1. The number of rotatable bonds is 4. The molecule has 0 aromatic heterocycles. The van der Waals surface area contributed by atoms with E-state index in [4.69, 9.17) is 5.11 Å². The molecule has 0 aliphatic heterocycles. The molecule has 3 N–H and O–H groups in total. The highest BCUT2D eigenvalue weighted by Gasteiger charge is 2.19. The highest BCUT2D eigenvalue weighted by atomic mass is 16.4. The number of urea groups is 1. The van der Waals surface area contributed by atoms with Crippen LogP contribution in [0, 0.1) is 6.92 Å². The van der Waals surface area contributed by atoms with E-state index < -0.39 is 5.97 Å². The number of carboxylic acid groups (broad SMARTS) is 1. The van der Waals surface area contributed by atoms with Crippen molar-refractivity contribution in [3.8, 4) is 0 Å². The summed E-state index contributed by atoms with van der Waals surface area (Å²) in [5, 5.41) is 14.3. The quantitative estimate of drug-likeness (QED) is 0.739. The Bertz CT molecular complexity index is 548. The average molecular weight is 274 g/mol. The van der Waals surface area contributed by atoms with Crippen LogP contribution in [0.1, 0.15) is 30.4 Å². The van der Waals surface area contributed by atoms with Gasteiger partial charge in [-0.25, -0.2) is 9.59 Å². The molecule has 5 heteroatoms. The number of amides is 2. The minimum Gasteiger partial charge on any atom is -0.478 e. The van der Waals surface area contributed by atoms with Gasteiger partial charge in [0.15, 0.2) is 0 Å². The number of hydrogen-bond donors (Lipinski definition) is 3. The summed E-state index contributed by atoms with van der Waals surface area (Å²) < 4.78 is 0. The molecule has 106 valence electrons. The van der Waals surface area contributed by atoms with Crippen LogP contribution in [-0.2, 0) is 4.79 Å². The minimum atomic E-state index is -0.997. The number of aryl methyl sites for hydroxylation is 1. The molecular weight excluding hydrogens is 256 g/mol. The van der Waals surface area contributed by atoms with Crippen LogP contribution >= 0.6 is 0 Å². The second kappa shape index (κ2) is 6.23. The van der Waals surface area contributed by atoms with E-state index >= 15 is 0 Å². The van der Waals surface area contributed by atoms with E-state index in [0.717, 1.165) is 30.0 Å². The lowest BCUT2D eigenvalue weighted by molar-refractivity contribution is -0.131. The Morgan fingerprint density at radius 2 is 2.10 bits per heavy atom. The molecule has 0 atom stereocenters. The van der Waals surface area contributed by atoms with E-state index in [2.05, 4.69) is 10.6 Å². The average Bonchev–Trinajstić information content (AvgIpc) is 2.35. The van der Waals surface area contributed by atoms with Crippen LogP contribution in [0.3, 0.4) is 0 Å². The Morgan fingerprint density at radius 3 is 2.70 bits per heavy atom. The molecule has 1 aromatic rings. The van der Waals surface area contributed by atoms with Crippen LogP contribution in [0.2, 0.25) is 0 Å². The van der Waals surface area contributed by atoms with Crippen LogP contribution in [0.5, 0.6) is 0 Å². The third kappa shape index (κ3) is 3.85. The SMILES string of the molecule is Cc1ccc(/C=C/C(=O)O)cc1NC(=O)NC1CCC1. The van der Waals surface area contributed by atoms with Crippen LogP contribution in [0.4, 0.5) is 10.5 Å². The topological polar surface area (TPSA) is 78.4 Å². The maximum Gasteiger partial charge on any atom is 0.328 e. The van der Waals surface area contributed by atoms with Crippen molar-refractivity contribution in [2.45, 2.75) is 32.2 Å². The fraction of sp³-hybridized carbons (Fsp3) is 0.333. The van der Waals surface area contributed by atoms with Gasteiger partial charge in [-0.05, 0) is 49.5 Å². The first-order chi connectivity index (χ1) is 9.54. The molecule has 20 heavy (non-hydrogen) atoms. The van der Waals surface area contributed by atoms with Crippen molar-refractivity contribution < 1.29 is 14.7 Å². The Hall–Kier alpha value is -2.30. The number of hydrogen-bond acceptors (Lipinski definition) is 2. The zero-order valence-corrected chi connectivity index (χ0v) is 11.3. The molecule has 1 fully saturated rings. The van der Waals surface area contributed by atoms with Gasteiger partial charge < -0.3 is 15.7 Å². The van der Waals surface area contributed by atoms with Crippen molar-refractivity contribution in [3.63, 3.8) is 0 Å². The number of carbonyl (C=O) groups excluding carboxylic acids is 1. The van der Waals surface area contributed by atoms with Crippen LogP contribution in [0.25, 0.3) is 6.08 Å². The first-order valence-corrected chi connectivity index (χ1v) is 6.64. The zero-order valence-electron chi connectivity index (χ0n) is 11.3. The van der Waals surface area contributed by atoms with Crippen molar-refractivity contribution >= 4 is 23.8 Å². The summed E-state index contributed by atoms with van der Waals surface area (Å²) in [5.74, 6) is -0.997. The van der Waals surface area contributed by atoms with E-state index in [0.29, 0.717) is 5.69 Å². The Morgan fingerprint density at radius 1 is 1.35 bits per heavy atom. The van der Waals surface area contributed by atoms with Gasteiger partial charge >= 0.3 is 12.0 Å². The zero-order chi connectivity index (χ0) is 14.5. The van der Waals surface area contributed by atoms with E-state index in [1.807, 2.05) is 19.1 Å². The number of nitrogens with one attached hydrogen (secondary N) is 2. The maximum absolute atomic E-state index is 11.8. The van der Waals surface area contributed by atoms with Gasteiger partial charge in [0.2, 0.25) is 0 Å². The summed E-state index contributed by atoms with van der Waals surface area (Å²) in [7, 11) is 0. The molecular formula is C15H18N2O3. The molecule has 1 aliphatic rings. The molecule has 1 saturated carbocycles. The molecule has 0 spiro atoms. The van der Waals surface area contributed by atoms with Crippen molar-refractivity contribution in [3.05, 3.63) is 35.4 Å². The molecule has 5 nitrogen and oxygen atoms in total. The number of aliphatic carboxylic acids is 1. The van der Waals surface area contributed by atoms with Gasteiger partial charge in [-0.1, -0.05) is 12.1 Å². The third-order valence-corrected chi connectivity index (χ3v) is 3.37. The van der Waals surface area contributed by atoms with Crippen molar-refractivity contribution in [2.75, 3.05) is 5.32 Å². The summed E-state index contributed by atoms with van der Waals surface area (Å²) in [6, 6.07) is 5.49. The second-order valence-corrected chi connectivity index (χ2v) is 4.97. The Balaban J connectivity index is 2.03. The van der Waals surface area contributed by atoms with Gasteiger partial charge in [-0.15, -0.1) is 0 Å². The van der Waals surface area contributed by atoms with Crippen LogP contribution in [0.15, 0.2) is 24.3 Å². The van der Waals surface area contributed by atoms with Crippen molar-refractivity contribution in [2.24, 2.45) is 0 Å². The molecule has 0 saturated heterocycles. The van der Waals surface area contributed by atoms with Gasteiger partial charge in [0.1, 0.15) is 0 Å². The fourth-order valence-electron chi connectivity index (χ4n) is 1.94. The first kappa shape index (κ1) is 14.1. The molecule has 0 unspecified atom stereocenters. The predicted octanol–water partition coefficient (Wildman–Crippen LogP) is 2.77. The van der Waals surface area contributed by atoms with Crippen molar-refractivity contribution in [1.29, 1.82) is 0 Å². The lowest BCUT2D eigenvalue weighted by atomic mass is 9.93. The summed E-state index contributed by atoms with van der Waals surface area (Å²) in [6.07, 6.45) is 5.81. The highest BCUT2D eigenvalue weighted by Crippen LogP contribution is 2.20. The van der Waals surface area contributed by atoms with Crippen LogP contribution < -0.4 is 10.6 Å². The predicted molar refractivity (Wildman–Crippen MR) is 77.6 cm³/mol. The molecule has 2 rings (SSSR count). The second-order valence-electron chi connectivity index (χ2n) is 4.97. The maximum atomic E-state index is 11.8. The molecule has 0 heterocycles. The van der Waals surface area contributed by atoms with Gasteiger partial charge in [-0.3, -0.25) is 0 Å². The van der Waals surface area contributed by atoms with E-state index in [-0.39, 0.29) is 12.1 Å². The first-order valence-electron chi connectivity index (χ1n) is 6.64. The molecule has 0 radical (unpaired) electrons. The number of carboxylic acids is 1. The fourth-order valence-corrected chi connectivity index (χ4v) is 1.94. The Labute approximate surface area is 117 Å². The third-order valence-electron chi connectivity index (χ3n) is 3.37. The largest absolute Gasteiger partial charge is 0.478 e. The normalized spacial score (nSPS) is 14.8. The number of benzene rings is 1.